The highest BCUT2D eigenvalue weighted by atomic mass is 16.5. The zero-order valence-electron chi connectivity index (χ0n) is 15.0. The van der Waals surface area contributed by atoms with Gasteiger partial charge in [0.05, 0.1) is 12.5 Å². The van der Waals surface area contributed by atoms with Crippen molar-refractivity contribution in [2.75, 3.05) is 31.2 Å². The van der Waals surface area contributed by atoms with Gasteiger partial charge in [0.15, 0.2) is 0 Å². The number of carbonyl (C=O) groups excluding carboxylic acids is 1. The third-order valence-corrected chi connectivity index (χ3v) is 4.83. The largest absolute Gasteiger partial charge is 0.466 e. The first-order chi connectivity index (χ1) is 11.7. The third kappa shape index (κ3) is 4.97. The number of hydrogen-bond donors (Lipinski definition) is 1. The number of piperidine rings is 1. The van der Waals surface area contributed by atoms with E-state index in [4.69, 9.17) is 4.74 Å². The summed E-state index contributed by atoms with van der Waals surface area (Å²) >= 11 is 0. The van der Waals surface area contributed by atoms with Crippen LogP contribution in [0.1, 0.15) is 45.1 Å². The first-order valence-electron chi connectivity index (χ1n) is 9.29. The van der Waals surface area contributed by atoms with E-state index in [-0.39, 0.29) is 18.5 Å². The lowest BCUT2D eigenvalue weighted by Gasteiger charge is -2.35. The molecule has 1 aliphatic heterocycles. The van der Waals surface area contributed by atoms with Crippen LogP contribution in [-0.4, -0.2) is 37.4 Å². The van der Waals surface area contributed by atoms with Crippen LogP contribution in [0.2, 0.25) is 0 Å². The molecule has 0 spiro atoms. The zero-order chi connectivity index (χ0) is 17.4. The van der Waals surface area contributed by atoms with Crippen molar-refractivity contribution in [3.63, 3.8) is 0 Å². The predicted octanol–water partition coefficient (Wildman–Crippen LogP) is 3.42. The van der Waals surface area contributed by atoms with Gasteiger partial charge in [0.1, 0.15) is 0 Å². The molecule has 1 saturated heterocycles. The van der Waals surface area contributed by atoms with Crippen LogP contribution in [-0.2, 0) is 16.0 Å². The summed E-state index contributed by atoms with van der Waals surface area (Å²) in [5.74, 6) is 0.193. The summed E-state index contributed by atoms with van der Waals surface area (Å²) in [4.78, 5) is 14.6. The summed E-state index contributed by atoms with van der Waals surface area (Å²) in [5.41, 5.74) is 2.42. The van der Waals surface area contributed by atoms with E-state index in [1.165, 1.54) is 11.3 Å². The lowest BCUT2D eigenvalue weighted by atomic mass is 9.92. The maximum absolute atomic E-state index is 12.3. The molecule has 0 aromatic heterocycles. The highest BCUT2D eigenvalue weighted by Crippen LogP contribution is 2.29. The van der Waals surface area contributed by atoms with Crippen LogP contribution in [0.25, 0.3) is 0 Å². The van der Waals surface area contributed by atoms with E-state index in [1.54, 1.807) is 0 Å². The van der Waals surface area contributed by atoms with Crippen LogP contribution in [0.15, 0.2) is 24.3 Å². The van der Waals surface area contributed by atoms with Crippen LogP contribution in [0.5, 0.6) is 0 Å². The van der Waals surface area contributed by atoms with E-state index in [2.05, 4.69) is 30.0 Å². The van der Waals surface area contributed by atoms with Crippen LogP contribution < -0.4 is 4.90 Å². The molecule has 4 heteroatoms. The van der Waals surface area contributed by atoms with Gasteiger partial charge in [0, 0.05) is 25.4 Å². The molecule has 0 saturated carbocycles. The first kappa shape index (κ1) is 18.8. The smallest absolute Gasteiger partial charge is 0.309 e. The molecule has 1 aromatic rings. The topological polar surface area (TPSA) is 49.8 Å². The molecule has 2 unspecified atom stereocenters. The standard InChI is InChI=1S/C20H31NO3/c1-3-8-18(20(23)24-4-2)13-17-10-5-6-11-19(17)21-12-7-9-16(14-21)15-22/h5-6,10-11,16,18,22H,3-4,7-9,12-15H2,1-2H3. The minimum Gasteiger partial charge on any atom is -0.466 e. The second kappa shape index (κ2) is 9.67. The maximum atomic E-state index is 12.3. The number of rotatable bonds is 8. The van der Waals surface area contributed by atoms with Gasteiger partial charge in [-0.1, -0.05) is 31.5 Å². The predicted molar refractivity (Wildman–Crippen MR) is 97.2 cm³/mol. The van der Waals surface area contributed by atoms with E-state index in [9.17, 15) is 9.90 Å². The monoisotopic (exact) mass is 333 g/mol. The van der Waals surface area contributed by atoms with Gasteiger partial charge in [-0.2, -0.15) is 0 Å². The molecule has 1 heterocycles. The molecule has 4 nitrogen and oxygen atoms in total. The molecule has 2 rings (SSSR count). The van der Waals surface area contributed by atoms with Gasteiger partial charge in [-0.15, -0.1) is 0 Å². The zero-order valence-corrected chi connectivity index (χ0v) is 15.0. The molecule has 24 heavy (non-hydrogen) atoms. The number of nitrogens with zero attached hydrogens (tertiary/aromatic N) is 1. The van der Waals surface area contributed by atoms with Crippen molar-refractivity contribution in [2.45, 2.75) is 46.0 Å². The van der Waals surface area contributed by atoms with E-state index >= 15 is 0 Å². The molecule has 0 radical (unpaired) electrons. The molecule has 0 bridgehead atoms. The van der Waals surface area contributed by atoms with Gasteiger partial charge >= 0.3 is 5.97 Å². The normalized spacial score (nSPS) is 19.1. The quantitative estimate of drug-likeness (QED) is 0.741. The Morgan fingerprint density at radius 2 is 2.17 bits per heavy atom. The van der Waals surface area contributed by atoms with Gasteiger partial charge in [-0.25, -0.2) is 0 Å². The second-order valence-electron chi connectivity index (χ2n) is 6.71. The number of aliphatic hydroxyl groups is 1. The first-order valence-corrected chi connectivity index (χ1v) is 9.29. The van der Waals surface area contributed by atoms with Gasteiger partial charge in [-0.3, -0.25) is 4.79 Å². The van der Waals surface area contributed by atoms with Crippen molar-refractivity contribution in [1.82, 2.24) is 0 Å². The van der Waals surface area contributed by atoms with Crippen molar-refractivity contribution < 1.29 is 14.6 Å². The Morgan fingerprint density at radius 3 is 2.88 bits per heavy atom. The Labute approximate surface area is 145 Å². The summed E-state index contributed by atoms with van der Waals surface area (Å²) in [7, 11) is 0. The highest BCUT2D eigenvalue weighted by Gasteiger charge is 2.24. The van der Waals surface area contributed by atoms with Crippen LogP contribution in [0.3, 0.4) is 0 Å². The van der Waals surface area contributed by atoms with E-state index < -0.39 is 0 Å². The Bertz CT molecular complexity index is 517. The average Bonchev–Trinajstić information content (AvgIpc) is 2.62. The number of carbonyl (C=O) groups is 1. The Hall–Kier alpha value is -1.55. The number of esters is 1. The van der Waals surface area contributed by atoms with E-state index in [0.717, 1.165) is 45.2 Å². The Kier molecular flexibility index (Phi) is 7.57. The number of hydrogen-bond acceptors (Lipinski definition) is 4. The molecule has 0 amide bonds. The van der Waals surface area contributed by atoms with Crippen molar-refractivity contribution in [1.29, 1.82) is 0 Å². The summed E-state index contributed by atoms with van der Waals surface area (Å²) in [6, 6.07) is 8.37. The van der Waals surface area contributed by atoms with Gasteiger partial charge in [-0.05, 0) is 50.2 Å². The number of para-hydroxylation sites is 1. The minimum atomic E-state index is -0.0824. The maximum Gasteiger partial charge on any atom is 0.309 e. The molecule has 1 aliphatic rings. The summed E-state index contributed by atoms with van der Waals surface area (Å²) in [6.07, 6.45) is 4.75. The van der Waals surface area contributed by atoms with Crippen LogP contribution in [0, 0.1) is 11.8 Å². The van der Waals surface area contributed by atoms with Crippen molar-refractivity contribution in [3.8, 4) is 0 Å². The number of anilines is 1. The molecule has 134 valence electrons. The molecular formula is C20H31NO3. The number of aliphatic hydroxyl groups excluding tert-OH is 1. The SMILES string of the molecule is CCCC(Cc1ccccc1N1CCCC(CO)C1)C(=O)OCC. The van der Waals surface area contributed by atoms with Crippen molar-refractivity contribution >= 4 is 11.7 Å². The fraction of sp³-hybridized carbons (Fsp3) is 0.650. The minimum absolute atomic E-state index is 0.0745. The second-order valence-corrected chi connectivity index (χ2v) is 6.71. The molecule has 1 N–H and O–H groups in total. The Balaban J connectivity index is 2.16. The summed E-state index contributed by atoms with van der Waals surface area (Å²) in [6.45, 7) is 6.56. The van der Waals surface area contributed by atoms with E-state index in [1.807, 2.05) is 13.0 Å². The summed E-state index contributed by atoms with van der Waals surface area (Å²) in [5, 5.41) is 9.48. The van der Waals surface area contributed by atoms with Gasteiger partial charge in [0.2, 0.25) is 0 Å². The lowest BCUT2D eigenvalue weighted by Crippen LogP contribution is -2.37. The third-order valence-electron chi connectivity index (χ3n) is 4.83. The number of ether oxygens (including phenoxy) is 1. The van der Waals surface area contributed by atoms with Gasteiger partial charge < -0.3 is 14.7 Å². The van der Waals surface area contributed by atoms with Gasteiger partial charge in [0.25, 0.3) is 0 Å². The number of benzene rings is 1. The van der Waals surface area contributed by atoms with Crippen LogP contribution >= 0.6 is 0 Å². The highest BCUT2D eigenvalue weighted by molar-refractivity contribution is 5.73. The molecule has 1 fully saturated rings. The molecule has 1 aromatic carbocycles. The average molecular weight is 333 g/mol. The fourth-order valence-electron chi connectivity index (χ4n) is 3.60. The lowest BCUT2D eigenvalue weighted by molar-refractivity contribution is -0.148. The molecule has 2 atom stereocenters. The van der Waals surface area contributed by atoms with E-state index in [0.29, 0.717) is 12.5 Å². The Morgan fingerprint density at radius 1 is 1.38 bits per heavy atom. The molecular weight excluding hydrogens is 302 g/mol. The van der Waals surface area contributed by atoms with Crippen LogP contribution in [0.4, 0.5) is 5.69 Å². The summed E-state index contributed by atoms with van der Waals surface area (Å²) < 4.78 is 5.26. The van der Waals surface area contributed by atoms with Crippen molar-refractivity contribution in [3.05, 3.63) is 29.8 Å². The van der Waals surface area contributed by atoms with Crippen molar-refractivity contribution in [2.24, 2.45) is 11.8 Å². The fourth-order valence-corrected chi connectivity index (χ4v) is 3.60. The molecule has 0 aliphatic carbocycles.